The summed E-state index contributed by atoms with van der Waals surface area (Å²) in [4.78, 5) is 43.3. The van der Waals surface area contributed by atoms with Gasteiger partial charge in [0.2, 0.25) is 0 Å². The molecule has 0 radical (unpaired) electrons. The number of hydrogen-bond donors (Lipinski definition) is 1. The Morgan fingerprint density at radius 3 is 2.53 bits per heavy atom. The minimum Gasteiger partial charge on any atom is -0.465 e. The predicted octanol–water partition coefficient (Wildman–Crippen LogP) is 2.86. The fraction of sp³-hybridized carbons (Fsp3) is 0.0909. The summed E-state index contributed by atoms with van der Waals surface area (Å²) in [5.41, 5.74) is 1.38. The summed E-state index contributed by atoms with van der Waals surface area (Å²) < 4.78 is 11.9. The van der Waals surface area contributed by atoms with Crippen LogP contribution in [0, 0.1) is 0 Å². The molecule has 0 aliphatic rings. The van der Waals surface area contributed by atoms with Crippen LogP contribution in [0.2, 0.25) is 0 Å². The van der Waals surface area contributed by atoms with Crippen molar-refractivity contribution in [2.45, 2.75) is 6.61 Å². The summed E-state index contributed by atoms with van der Waals surface area (Å²) >= 11 is 0. The zero-order chi connectivity index (χ0) is 21.1. The van der Waals surface area contributed by atoms with Crippen LogP contribution in [0.5, 0.6) is 0 Å². The van der Waals surface area contributed by atoms with Gasteiger partial charge >= 0.3 is 11.9 Å². The SMILES string of the molecule is COC(=O)c1ccc2c(=O)[nH]c(COC(=O)c3cccc(-n4cccc4)c3)nc2c1. The highest BCUT2D eigenvalue weighted by molar-refractivity contribution is 5.94. The Balaban J connectivity index is 1.54. The summed E-state index contributed by atoms with van der Waals surface area (Å²) in [7, 11) is 1.27. The Labute approximate surface area is 170 Å². The number of H-pyrrole nitrogens is 1. The molecule has 150 valence electrons. The zero-order valence-electron chi connectivity index (χ0n) is 16.0. The van der Waals surface area contributed by atoms with Crippen molar-refractivity contribution in [2.24, 2.45) is 0 Å². The minimum atomic E-state index is -0.546. The maximum Gasteiger partial charge on any atom is 0.338 e. The number of aromatic nitrogens is 3. The number of hydrogen-bond acceptors (Lipinski definition) is 6. The van der Waals surface area contributed by atoms with Gasteiger partial charge < -0.3 is 19.0 Å². The second-order valence-electron chi connectivity index (χ2n) is 6.45. The highest BCUT2D eigenvalue weighted by Crippen LogP contribution is 2.14. The molecule has 0 spiro atoms. The van der Waals surface area contributed by atoms with Crippen LogP contribution >= 0.6 is 0 Å². The number of carbonyl (C=O) groups excluding carboxylic acids is 2. The van der Waals surface area contributed by atoms with Crippen molar-refractivity contribution in [3.8, 4) is 5.69 Å². The number of esters is 2. The van der Waals surface area contributed by atoms with Crippen molar-refractivity contribution in [3.63, 3.8) is 0 Å². The Morgan fingerprint density at radius 1 is 1.00 bits per heavy atom. The molecule has 8 heteroatoms. The molecule has 4 rings (SSSR count). The fourth-order valence-electron chi connectivity index (χ4n) is 3.02. The molecule has 0 aliphatic heterocycles. The van der Waals surface area contributed by atoms with Gasteiger partial charge in [-0.1, -0.05) is 6.07 Å². The number of ether oxygens (including phenoxy) is 2. The molecule has 0 fully saturated rings. The van der Waals surface area contributed by atoms with E-state index < -0.39 is 17.5 Å². The van der Waals surface area contributed by atoms with Gasteiger partial charge in [0.1, 0.15) is 12.4 Å². The summed E-state index contributed by atoms with van der Waals surface area (Å²) in [5, 5.41) is 0.317. The van der Waals surface area contributed by atoms with Crippen molar-refractivity contribution < 1.29 is 19.1 Å². The number of benzene rings is 2. The van der Waals surface area contributed by atoms with Crippen LogP contribution in [0.15, 0.2) is 71.8 Å². The third kappa shape index (κ3) is 3.83. The molecule has 2 aromatic heterocycles. The molecule has 2 heterocycles. The lowest BCUT2D eigenvalue weighted by atomic mass is 10.1. The molecular formula is C22H17N3O5. The Morgan fingerprint density at radius 2 is 1.77 bits per heavy atom. The van der Waals surface area contributed by atoms with E-state index in [1.165, 1.54) is 25.3 Å². The van der Waals surface area contributed by atoms with Gasteiger partial charge in [-0.25, -0.2) is 14.6 Å². The zero-order valence-corrected chi connectivity index (χ0v) is 16.0. The van der Waals surface area contributed by atoms with Crippen LogP contribution in [-0.2, 0) is 16.1 Å². The first-order valence-corrected chi connectivity index (χ1v) is 9.07. The molecular weight excluding hydrogens is 386 g/mol. The Kier molecular flexibility index (Phi) is 5.13. The van der Waals surface area contributed by atoms with E-state index in [4.69, 9.17) is 4.74 Å². The van der Waals surface area contributed by atoms with E-state index in [1.807, 2.05) is 35.2 Å². The molecule has 0 saturated heterocycles. The van der Waals surface area contributed by atoms with Gasteiger partial charge in [0.05, 0.1) is 29.1 Å². The number of nitrogens with one attached hydrogen (secondary N) is 1. The first-order valence-electron chi connectivity index (χ1n) is 9.07. The number of aromatic amines is 1. The lowest BCUT2D eigenvalue weighted by Crippen LogP contribution is -2.15. The van der Waals surface area contributed by atoms with Crippen molar-refractivity contribution in [1.82, 2.24) is 14.5 Å². The van der Waals surface area contributed by atoms with Gasteiger partial charge in [-0.2, -0.15) is 0 Å². The van der Waals surface area contributed by atoms with E-state index in [-0.39, 0.29) is 18.0 Å². The highest BCUT2D eigenvalue weighted by atomic mass is 16.5. The molecule has 0 amide bonds. The van der Waals surface area contributed by atoms with Crippen molar-refractivity contribution in [1.29, 1.82) is 0 Å². The molecule has 30 heavy (non-hydrogen) atoms. The molecule has 4 aromatic rings. The number of carbonyl (C=O) groups is 2. The summed E-state index contributed by atoms with van der Waals surface area (Å²) in [6.45, 7) is -0.222. The van der Waals surface area contributed by atoms with E-state index in [1.54, 1.807) is 18.2 Å². The fourth-order valence-corrected chi connectivity index (χ4v) is 3.02. The highest BCUT2D eigenvalue weighted by Gasteiger charge is 2.12. The molecule has 0 bridgehead atoms. The first kappa shape index (κ1) is 19.1. The molecule has 0 atom stereocenters. The van der Waals surface area contributed by atoms with Crippen LogP contribution in [0.1, 0.15) is 26.5 Å². The van der Waals surface area contributed by atoms with E-state index in [0.717, 1.165) is 5.69 Å². The minimum absolute atomic E-state index is 0.171. The maximum absolute atomic E-state index is 12.5. The van der Waals surface area contributed by atoms with Gasteiger partial charge in [-0.15, -0.1) is 0 Å². The number of fused-ring (bicyclic) bond motifs is 1. The van der Waals surface area contributed by atoms with Gasteiger partial charge in [-0.05, 0) is 48.5 Å². The molecule has 0 unspecified atom stereocenters. The second kappa shape index (κ2) is 8.04. The van der Waals surface area contributed by atoms with Crippen molar-refractivity contribution >= 4 is 22.8 Å². The standard InChI is InChI=1S/C22H17N3O5/c1-29-21(27)15-7-8-17-18(12-15)23-19(24-20(17)26)13-30-22(28)14-5-4-6-16(11-14)25-9-2-3-10-25/h2-12H,13H2,1H3,(H,23,24,26). The largest absolute Gasteiger partial charge is 0.465 e. The lowest BCUT2D eigenvalue weighted by Gasteiger charge is -2.08. The van der Waals surface area contributed by atoms with Crippen molar-refractivity contribution in [3.05, 3.63) is 94.3 Å². The van der Waals surface area contributed by atoms with Gasteiger partial charge in [0.25, 0.3) is 5.56 Å². The van der Waals surface area contributed by atoms with Crippen LogP contribution in [0.25, 0.3) is 16.6 Å². The Bertz CT molecular complexity index is 1290. The predicted molar refractivity (Wildman–Crippen MR) is 109 cm³/mol. The van der Waals surface area contributed by atoms with Crippen LogP contribution in [0.4, 0.5) is 0 Å². The normalized spacial score (nSPS) is 10.7. The molecule has 1 N–H and O–H groups in total. The topological polar surface area (TPSA) is 103 Å². The average molecular weight is 403 g/mol. The molecule has 0 aliphatic carbocycles. The third-order valence-electron chi connectivity index (χ3n) is 4.50. The van der Waals surface area contributed by atoms with Crippen LogP contribution in [-0.4, -0.2) is 33.6 Å². The molecule has 8 nitrogen and oxygen atoms in total. The Hall–Kier alpha value is -4.20. The van der Waals surface area contributed by atoms with Crippen LogP contribution in [0.3, 0.4) is 0 Å². The summed E-state index contributed by atoms with van der Waals surface area (Å²) in [6, 6.07) is 15.2. The van der Waals surface area contributed by atoms with Crippen molar-refractivity contribution in [2.75, 3.05) is 7.11 Å². The average Bonchev–Trinajstić information content (AvgIpc) is 3.31. The quantitative estimate of drug-likeness (QED) is 0.514. The van der Waals surface area contributed by atoms with E-state index in [9.17, 15) is 14.4 Å². The maximum atomic E-state index is 12.5. The van der Waals surface area contributed by atoms with Crippen LogP contribution < -0.4 is 5.56 Å². The molecule has 2 aromatic carbocycles. The van der Waals surface area contributed by atoms with E-state index in [2.05, 4.69) is 14.7 Å². The summed E-state index contributed by atoms with van der Waals surface area (Å²) in [5.74, 6) is -0.908. The monoisotopic (exact) mass is 403 g/mol. The smallest absolute Gasteiger partial charge is 0.338 e. The number of methoxy groups -OCH3 is 1. The number of rotatable bonds is 5. The number of nitrogens with zero attached hydrogens (tertiary/aromatic N) is 2. The van der Waals surface area contributed by atoms with Gasteiger partial charge in [0.15, 0.2) is 0 Å². The first-order chi connectivity index (χ1) is 14.5. The lowest BCUT2D eigenvalue weighted by molar-refractivity contribution is 0.0462. The molecule has 0 saturated carbocycles. The van der Waals surface area contributed by atoms with Gasteiger partial charge in [-0.3, -0.25) is 4.79 Å². The third-order valence-corrected chi connectivity index (χ3v) is 4.50. The summed E-state index contributed by atoms with van der Waals surface area (Å²) in [6.07, 6.45) is 3.74. The van der Waals surface area contributed by atoms with E-state index in [0.29, 0.717) is 16.5 Å². The van der Waals surface area contributed by atoms with E-state index >= 15 is 0 Å². The second-order valence-corrected chi connectivity index (χ2v) is 6.45. The van der Waals surface area contributed by atoms with Gasteiger partial charge in [0, 0.05) is 18.1 Å².